The van der Waals surface area contributed by atoms with Gasteiger partial charge in [0.05, 0.1) is 11.4 Å². The minimum Gasteiger partial charge on any atom is -0.366 e. The molecule has 1 heterocycles. The second kappa shape index (κ2) is 11.2. The maximum Gasteiger partial charge on any atom is 0.257 e. The molecule has 1 aliphatic rings. The highest BCUT2D eigenvalue weighted by Gasteiger charge is 2.23. The molecular formula is C26H33ClN4O2S. The standard InChI is InChI=1S/C26H33ClN4O2S/c1-5-6-23(32)31-15-13-30(14-16-31)22-12-11-20(27)17-21(22)28-25(34)29-24(33)18-7-9-19(10-8-18)26(2,3)4/h7-12,17H,5-6,13-16H2,1-4H3,(H2,28,29,33,34). The third kappa shape index (κ3) is 6.70. The predicted molar refractivity (Wildman–Crippen MR) is 144 cm³/mol. The highest BCUT2D eigenvalue weighted by atomic mass is 35.5. The minimum absolute atomic E-state index is 0.0175. The van der Waals surface area contributed by atoms with E-state index in [1.165, 1.54) is 0 Å². The summed E-state index contributed by atoms with van der Waals surface area (Å²) >= 11 is 11.7. The van der Waals surface area contributed by atoms with E-state index in [-0.39, 0.29) is 22.3 Å². The highest BCUT2D eigenvalue weighted by molar-refractivity contribution is 7.80. The SMILES string of the molecule is CCCC(=O)N1CCN(c2ccc(Cl)cc2NC(=S)NC(=O)c2ccc(C(C)(C)C)cc2)CC1. The molecule has 2 aromatic carbocycles. The first-order valence-electron chi connectivity index (χ1n) is 11.6. The Labute approximate surface area is 212 Å². The Morgan fingerprint density at radius 2 is 1.68 bits per heavy atom. The molecule has 8 heteroatoms. The fourth-order valence-electron chi connectivity index (χ4n) is 3.90. The van der Waals surface area contributed by atoms with Gasteiger partial charge < -0.3 is 15.1 Å². The van der Waals surface area contributed by atoms with E-state index in [2.05, 4.69) is 36.3 Å². The van der Waals surface area contributed by atoms with Crippen molar-refractivity contribution in [1.29, 1.82) is 0 Å². The summed E-state index contributed by atoms with van der Waals surface area (Å²) in [6.45, 7) is 11.2. The number of piperazine rings is 1. The minimum atomic E-state index is -0.274. The molecule has 2 N–H and O–H groups in total. The lowest BCUT2D eigenvalue weighted by Gasteiger charge is -2.37. The summed E-state index contributed by atoms with van der Waals surface area (Å²) in [4.78, 5) is 29.0. The van der Waals surface area contributed by atoms with Crippen LogP contribution in [0, 0.1) is 0 Å². The van der Waals surface area contributed by atoms with Crippen molar-refractivity contribution < 1.29 is 9.59 Å². The molecular weight excluding hydrogens is 468 g/mol. The lowest BCUT2D eigenvalue weighted by Crippen LogP contribution is -2.49. The van der Waals surface area contributed by atoms with Crippen molar-refractivity contribution in [1.82, 2.24) is 10.2 Å². The van der Waals surface area contributed by atoms with Crippen molar-refractivity contribution in [3.05, 3.63) is 58.6 Å². The molecule has 0 bridgehead atoms. The number of carbonyl (C=O) groups excluding carboxylic acids is 2. The second-order valence-corrected chi connectivity index (χ2v) is 10.4. The van der Waals surface area contributed by atoms with Gasteiger partial charge in [-0.2, -0.15) is 0 Å². The maximum atomic E-state index is 12.7. The third-order valence-electron chi connectivity index (χ3n) is 5.88. The molecule has 0 spiro atoms. The van der Waals surface area contributed by atoms with Crippen molar-refractivity contribution >= 4 is 52.1 Å². The number of nitrogens with one attached hydrogen (secondary N) is 2. The average Bonchev–Trinajstić information content (AvgIpc) is 2.79. The smallest absolute Gasteiger partial charge is 0.257 e. The van der Waals surface area contributed by atoms with Gasteiger partial charge in [0.25, 0.3) is 5.91 Å². The number of amides is 2. The van der Waals surface area contributed by atoms with Gasteiger partial charge in [0.2, 0.25) is 5.91 Å². The molecule has 2 amide bonds. The van der Waals surface area contributed by atoms with Gasteiger partial charge in [0, 0.05) is 43.2 Å². The molecule has 2 aromatic rings. The fourth-order valence-corrected chi connectivity index (χ4v) is 4.28. The Morgan fingerprint density at radius 3 is 2.26 bits per heavy atom. The Balaban J connectivity index is 1.65. The number of nitrogens with zero attached hydrogens (tertiary/aromatic N) is 2. The fraction of sp³-hybridized carbons (Fsp3) is 0.423. The van der Waals surface area contributed by atoms with Crippen LogP contribution in [0.2, 0.25) is 5.02 Å². The van der Waals surface area contributed by atoms with Gasteiger partial charge in [-0.1, -0.05) is 51.4 Å². The Morgan fingerprint density at radius 1 is 1.03 bits per heavy atom. The van der Waals surface area contributed by atoms with Crippen LogP contribution in [0.4, 0.5) is 11.4 Å². The molecule has 1 saturated heterocycles. The monoisotopic (exact) mass is 500 g/mol. The highest BCUT2D eigenvalue weighted by Crippen LogP contribution is 2.30. The third-order valence-corrected chi connectivity index (χ3v) is 6.32. The van der Waals surface area contributed by atoms with Crippen LogP contribution in [0.1, 0.15) is 56.5 Å². The molecule has 1 fully saturated rings. The van der Waals surface area contributed by atoms with Gasteiger partial charge in [-0.05, 0) is 59.9 Å². The number of carbonyl (C=O) groups is 2. The van der Waals surface area contributed by atoms with Gasteiger partial charge in [-0.3, -0.25) is 14.9 Å². The first-order valence-corrected chi connectivity index (χ1v) is 12.4. The number of hydrogen-bond donors (Lipinski definition) is 2. The van der Waals surface area contributed by atoms with Crippen LogP contribution < -0.4 is 15.5 Å². The quantitative estimate of drug-likeness (QED) is 0.551. The zero-order valence-corrected chi connectivity index (χ0v) is 21.9. The summed E-state index contributed by atoms with van der Waals surface area (Å²) in [5.41, 5.74) is 3.36. The lowest BCUT2D eigenvalue weighted by atomic mass is 9.87. The van der Waals surface area contributed by atoms with Crippen molar-refractivity contribution in [2.75, 3.05) is 36.4 Å². The number of rotatable bonds is 5. The van der Waals surface area contributed by atoms with Gasteiger partial charge in [0.15, 0.2) is 5.11 Å². The summed E-state index contributed by atoms with van der Waals surface area (Å²) in [5.74, 6) is -0.0689. The summed E-state index contributed by atoms with van der Waals surface area (Å²) in [7, 11) is 0. The van der Waals surface area contributed by atoms with E-state index >= 15 is 0 Å². The Kier molecular flexibility index (Phi) is 8.55. The number of benzene rings is 2. The zero-order chi connectivity index (χ0) is 24.9. The van der Waals surface area contributed by atoms with Crippen LogP contribution in [-0.2, 0) is 10.2 Å². The van der Waals surface area contributed by atoms with E-state index < -0.39 is 0 Å². The molecule has 0 aliphatic carbocycles. The maximum absolute atomic E-state index is 12.7. The summed E-state index contributed by atoms with van der Waals surface area (Å²) in [5, 5.41) is 6.65. The average molecular weight is 501 g/mol. The first-order chi connectivity index (χ1) is 16.1. The van der Waals surface area contributed by atoms with Crippen LogP contribution in [0.25, 0.3) is 0 Å². The molecule has 0 radical (unpaired) electrons. The molecule has 0 aromatic heterocycles. The van der Waals surface area contributed by atoms with E-state index in [0.29, 0.717) is 48.9 Å². The Hall–Kier alpha value is -2.64. The zero-order valence-electron chi connectivity index (χ0n) is 20.3. The number of halogens is 1. The van der Waals surface area contributed by atoms with Crippen molar-refractivity contribution in [2.24, 2.45) is 0 Å². The largest absolute Gasteiger partial charge is 0.366 e. The van der Waals surface area contributed by atoms with Gasteiger partial charge in [0.1, 0.15) is 0 Å². The molecule has 0 unspecified atom stereocenters. The molecule has 34 heavy (non-hydrogen) atoms. The van der Waals surface area contributed by atoms with E-state index in [0.717, 1.165) is 17.7 Å². The molecule has 3 rings (SSSR count). The molecule has 1 aliphatic heterocycles. The van der Waals surface area contributed by atoms with Gasteiger partial charge >= 0.3 is 0 Å². The van der Waals surface area contributed by atoms with Crippen LogP contribution in [0.15, 0.2) is 42.5 Å². The van der Waals surface area contributed by atoms with E-state index in [4.69, 9.17) is 23.8 Å². The van der Waals surface area contributed by atoms with E-state index in [1.807, 2.05) is 48.2 Å². The lowest BCUT2D eigenvalue weighted by molar-refractivity contribution is -0.131. The van der Waals surface area contributed by atoms with Crippen molar-refractivity contribution in [3.63, 3.8) is 0 Å². The van der Waals surface area contributed by atoms with E-state index in [9.17, 15) is 9.59 Å². The molecule has 0 saturated carbocycles. The number of hydrogen-bond acceptors (Lipinski definition) is 4. The van der Waals surface area contributed by atoms with Crippen molar-refractivity contribution in [3.8, 4) is 0 Å². The molecule has 182 valence electrons. The topological polar surface area (TPSA) is 64.7 Å². The van der Waals surface area contributed by atoms with E-state index in [1.54, 1.807) is 6.07 Å². The summed E-state index contributed by atoms with van der Waals surface area (Å²) in [6.07, 6.45) is 1.44. The molecule has 0 atom stereocenters. The van der Waals surface area contributed by atoms with Crippen LogP contribution >= 0.6 is 23.8 Å². The first kappa shape index (κ1) is 26.0. The Bertz CT molecular complexity index is 1040. The van der Waals surface area contributed by atoms with Crippen LogP contribution in [0.3, 0.4) is 0 Å². The summed E-state index contributed by atoms with van der Waals surface area (Å²) < 4.78 is 0. The van der Waals surface area contributed by atoms with Crippen LogP contribution in [-0.4, -0.2) is 48.0 Å². The summed E-state index contributed by atoms with van der Waals surface area (Å²) in [6, 6.07) is 13.1. The number of thiocarbonyl (C=S) groups is 1. The second-order valence-electron chi connectivity index (χ2n) is 9.51. The number of anilines is 2. The molecule has 6 nitrogen and oxygen atoms in total. The van der Waals surface area contributed by atoms with Gasteiger partial charge in [-0.25, -0.2) is 0 Å². The van der Waals surface area contributed by atoms with Gasteiger partial charge in [-0.15, -0.1) is 0 Å². The predicted octanol–water partition coefficient (Wildman–Crippen LogP) is 5.21. The normalized spacial score (nSPS) is 14.0. The van der Waals surface area contributed by atoms with Crippen molar-refractivity contribution in [2.45, 2.75) is 46.0 Å². The van der Waals surface area contributed by atoms with Crippen LogP contribution in [0.5, 0.6) is 0 Å².